The molecule has 0 aliphatic rings. The number of carbonyl (C=O) groups excluding carboxylic acids is 3. The molecule has 344 valence electrons. The fourth-order valence-corrected chi connectivity index (χ4v) is 7.86. The van der Waals surface area contributed by atoms with Crippen molar-refractivity contribution < 1.29 is 28.6 Å². The molecule has 0 saturated carbocycles. The van der Waals surface area contributed by atoms with E-state index in [9.17, 15) is 14.4 Å². The van der Waals surface area contributed by atoms with Gasteiger partial charge in [0.05, 0.1) is 0 Å². The largest absolute Gasteiger partial charge is 0.462 e. The summed E-state index contributed by atoms with van der Waals surface area (Å²) in [6, 6.07) is 0. The van der Waals surface area contributed by atoms with Crippen LogP contribution in [0.1, 0.15) is 291 Å². The standard InChI is InChI=1S/C52H100O6/c1-5-7-9-11-13-15-17-19-20-21-22-24-25-27-31-35-39-43-50(53)56-46-49(47-57-51(54)44-40-36-33-29-30-34-38-42-48(3)4)58-52(55)45-41-37-32-28-26-23-18-16-14-12-10-8-6-2/h48-49H,5-47H2,1-4H3/t49-/m1/s1. The number of hydrogen-bond acceptors (Lipinski definition) is 6. The Morgan fingerprint density at radius 1 is 0.328 bits per heavy atom. The first-order valence-electron chi connectivity index (χ1n) is 25.9. The minimum atomic E-state index is -0.760. The topological polar surface area (TPSA) is 78.9 Å². The van der Waals surface area contributed by atoms with Crippen LogP contribution in [0.3, 0.4) is 0 Å². The average molecular weight is 821 g/mol. The van der Waals surface area contributed by atoms with E-state index in [4.69, 9.17) is 14.2 Å². The van der Waals surface area contributed by atoms with Gasteiger partial charge in [0, 0.05) is 19.3 Å². The van der Waals surface area contributed by atoms with Crippen molar-refractivity contribution in [3.8, 4) is 0 Å². The molecule has 0 aromatic rings. The number of rotatable bonds is 47. The van der Waals surface area contributed by atoms with Crippen LogP contribution in [-0.4, -0.2) is 37.2 Å². The van der Waals surface area contributed by atoms with Gasteiger partial charge in [-0.2, -0.15) is 0 Å². The van der Waals surface area contributed by atoms with Crippen LogP contribution in [0.4, 0.5) is 0 Å². The van der Waals surface area contributed by atoms with Crippen LogP contribution in [0.15, 0.2) is 0 Å². The van der Waals surface area contributed by atoms with Crippen molar-refractivity contribution in [2.45, 2.75) is 297 Å². The van der Waals surface area contributed by atoms with Crippen molar-refractivity contribution in [3.63, 3.8) is 0 Å². The van der Waals surface area contributed by atoms with Crippen molar-refractivity contribution in [1.29, 1.82) is 0 Å². The number of ether oxygens (including phenoxy) is 3. The minimum absolute atomic E-state index is 0.0633. The normalized spacial score (nSPS) is 11.9. The predicted octanol–water partition coefficient (Wildman–Crippen LogP) is 16.7. The van der Waals surface area contributed by atoms with E-state index >= 15 is 0 Å². The molecule has 6 nitrogen and oxygen atoms in total. The summed E-state index contributed by atoms with van der Waals surface area (Å²) in [5.41, 5.74) is 0. The predicted molar refractivity (Wildman–Crippen MR) is 247 cm³/mol. The fourth-order valence-electron chi connectivity index (χ4n) is 7.86. The molecule has 0 heterocycles. The quantitative estimate of drug-likeness (QED) is 0.0346. The van der Waals surface area contributed by atoms with Crippen LogP contribution in [0.25, 0.3) is 0 Å². The van der Waals surface area contributed by atoms with E-state index in [1.54, 1.807) is 0 Å². The van der Waals surface area contributed by atoms with Crippen LogP contribution in [0.2, 0.25) is 0 Å². The number of esters is 3. The van der Waals surface area contributed by atoms with Gasteiger partial charge in [0.1, 0.15) is 13.2 Å². The van der Waals surface area contributed by atoms with Gasteiger partial charge in [0.15, 0.2) is 6.10 Å². The van der Waals surface area contributed by atoms with Crippen LogP contribution < -0.4 is 0 Å². The summed E-state index contributed by atoms with van der Waals surface area (Å²) in [6.45, 7) is 8.98. The summed E-state index contributed by atoms with van der Waals surface area (Å²) >= 11 is 0. The first-order valence-corrected chi connectivity index (χ1v) is 25.9. The molecule has 0 spiro atoms. The Hall–Kier alpha value is -1.59. The second-order valence-corrected chi connectivity index (χ2v) is 18.3. The Labute approximate surface area is 361 Å². The zero-order chi connectivity index (χ0) is 42.4. The van der Waals surface area contributed by atoms with Gasteiger partial charge < -0.3 is 14.2 Å². The smallest absolute Gasteiger partial charge is 0.306 e. The molecule has 0 bridgehead atoms. The number of hydrogen-bond donors (Lipinski definition) is 0. The maximum Gasteiger partial charge on any atom is 0.306 e. The monoisotopic (exact) mass is 821 g/mol. The molecule has 1 atom stereocenters. The third-order valence-corrected chi connectivity index (χ3v) is 11.8. The zero-order valence-corrected chi connectivity index (χ0v) is 39.5. The lowest BCUT2D eigenvalue weighted by Gasteiger charge is -2.18. The Bertz CT molecular complexity index is 872. The summed E-state index contributed by atoms with van der Waals surface area (Å²) in [4.78, 5) is 37.9. The molecule has 0 saturated heterocycles. The molecule has 0 radical (unpaired) electrons. The molecular weight excluding hydrogens is 721 g/mol. The highest BCUT2D eigenvalue weighted by Gasteiger charge is 2.19. The lowest BCUT2D eigenvalue weighted by molar-refractivity contribution is -0.167. The molecule has 0 aliphatic carbocycles. The fraction of sp³-hybridized carbons (Fsp3) is 0.942. The molecule has 0 aromatic carbocycles. The van der Waals surface area contributed by atoms with Crippen molar-refractivity contribution in [2.75, 3.05) is 13.2 Å². The van der Waals surface area contributed by atoms with Crippen LogP contribution in [0.5, 0.6) is 0 Å². The first-order chi connectivity index (χ1) is 28.4. The Kier molecular flexibility index (Phi) is 45.2. The molecule has 0 amide bonds. The second-order valence-electron chi connectivity index (χ2n) is 18.3. The SMILES string of the molecule is CCCCCCCCCCCCCCCCCCCC(=O)OC[C@H](COC(=O)CCCCCCCCCC(C)C)OC(=O)CCCCCCCCCCCCCCC. The molecule has 0 aromatic heterocycles. The summed E-state index contributed by atoms with van der Waals surface area (Å²) in [5, 5.41) is 0. The van der Waals surface area contributed by atoms with E-state index in [1.165, 1.54) is 186 Å². The van der Waals surface area contributed by atoms with E-state index in [0.29, 0.717) is 19.3 Å². The Morgan fingerprint density at radius 3 is 0.845 bits per heavy atom. The van der Waals surface area contributed by atoms with E-state index in [2.05, 4.69) is 27.7 Å². The number of unbranched alkanes of at least 4 members (excludes halogenated alkanes) is 34. The third kappa shape index (κ3) is 45.5. The average Bonchev–Trinajstić information content (AvgIpc) is 3.21. The number of carbonyl (C=O) groups is 3. The molecular formula is C52H100O6. The molecule has 0 unspecified atom stereocenters. The molecule has 6 heteroatoms. The van der Waals surface area contributed by atoms with E-state index in [0.717, 1.165) is 63.7 Å². The maximum atomic E-state index is 12.8. The summed E-state index contributed by atoms with van der Waals surface area (Å²) in [7, 11) is 0. The highest BCUT2D eigenvalue weighted by Crippen LogP contribution is 2.17. The van der Waals surface area contributed by atoms with E-state index < -0.39 is 6.10 Å². The lowest BCUT2D eigenvalue weighted by Crippen LogP contribution is -2.30. The zero-order valence-electron chi connectivity index (χ0n) is 39.5. The first kappa shape index (κ1) is 56.4. The molecule has 58 heavy (non-hydrogen) atoms. The molecule has 0 fully saturated rings. The molecule has 0 rings (SSSR count). The van der Waals surface area contributed by atoms with Gasteiger partial charge in [-0.3, -0.25) is 14.4 Å². The second kappa shape index (κ2) is 46.5. The van der Waals surface area contributed by atoms with Gasteiger partial charge in [-0.15, -0.1) is 0 Å². The molecule has 0 N–H and O–H groups in total. The van der Waals surface area contributed by atoms with Gasteiger partial charge >= 0.3 is 17.9 Å². The van der Waals surface area contributed by atoms with Crippen LogP contribution in [0, 0.1) is 5.92 Å². The highest BCUT2D eigenvalue weighted by molar-refractivity contribution is 5.71. The maximum absolute atomic E-state index is 12.8. The van der Waals surface area contributed by atoms with Gasteiger partial charge in [-0.05, 0) is 25.2 Å². The van der Waals surface area contributed by atoms with Gasteiger partial charge in [-0.25, -0.2) is 0 Å². The highest BCUT2D eigenvalue weighted by atomic mass is 16.6. The minimum Gasteiger partial charge on any atom is -0.462 e. The summed E-state index contributed by atoms with van der Waals surface area (Å²) < 4.78 is 16.8. The Morgan fingerprint density at radius 2 is 0.569 bits per heavy atom. The van der Waals surface area contributed by atoms with E-state index in [-0.39, 0.29) is 31.1 Å². The molecule has 0 aliphatic heterocycles. The van der Waals surface area contributed by atoms with Crippen molar-refractivity contribution in [2.24, 2.45) is 5.92 Å². The summed E-state index contributed by atoms with van der Waals surface area (Å²) in [5.74, 6) is -0.0660. The van der Waals surface area contributed by atoms with E-state index in [1.807, 2.05) is 0 Å². The third-order valence-electron chi connectivity index (χ3n) is 11.8. The van der Waals surface area contributed by atoms with Crippen molar-refractivity contribution >= 4 is 17.9 Å². The lowest BCUT2D eigenvalue weighted by atomic mass is 10.0. The van der Waals surface area contributed by atoms with Gasteiger partial charge in [-0.1, -0.05) is 252 Å². The van der Waals surface area contributed by atoms with Crippen molar-refractivity contribution in [3.05, 3.63) is 0 Å². The van der Waals surface area contributed by atoms with Gasteiger partial charge in [0.25, 0.3) is 0 Å². The summed E-state index contributed by atoms with van der Waals surface area (Å²) in [6.07, 6.45) is 48.1. The van der Waals surface area contributed by atoms with Crippen LogP contribution in [-0.2, 0) is 28.6 Å². The van der Waals surface area contributed by atoms with Crippen molar-refractivity contribution in [1.82, 2.24) is 0 Å². The Balaban J connectivity index is 4.26. The van der Waals surface area contributed by atoms with Crippen LogP contribution >= 0.6 is 0 Å². The van der Waals surface area contributed by atoms with Gasteiger partial charge in [0.2, 0.25) is 0 Å².